The number of carbonyl (C=O) groups is 1. The van der Waals surface area contributed by atoms with E-state index in [4.69, 9.17) is 4.74 Å². The molecule has 0 radical (unpaired) electrons. The molecule has 0 aliphatic carbocycles. The number of unbranched alkanes of at least 4 members (excludes halogenated alkanes) is 6. The summed E-state index contributed by atoms with van der Waals surface area (Å²) in [5, 5.41) is 2.71. The highest BCUT2D eigenvalue weighted by molar-refractivity contribution is 7.36. The molecular formula is C18H30N2O4P+. The van der Waals surface area contributed by atoms with E-state index in [1.165, 1.54) is 32.1 Å². The summed E-state index contributed by atoms with van der Waals surface area (Å²) in [5.74, 6) is 0. The summed E-state index contributed by atoms with van der Waals surface area (Å²) in [6.07, 6.45) is 10.4. The maximum Gasteiger partial charge on any atom is 0.407 e. The van der Waals surface area contributed by atoms with Gasteiger partial charge >= 0.3 is 14.1 Å². The van der Waals surface area contributed by atoms with Crippen LogP contribution in [0, 0.1) is 0 Å². The molecule has 0 saturated carbocycles. The number of nitrogens with one attached hydrogen (secondary N) is 1. The van der Waals surface area contributed by atoms with Crippen molar-refractivity contribution in [1.29, 1.82) is 0 Å². The van der Waals surface area contributed by atoms with Gasteiger partial charge in [0.2, 0.25) is 6.10 Å². The summed E-state index contributed by atoms with van der Waals surface area (Å²) in [6.45, 7) is 3.07. The molecule has 0 spiro atoms. The Morgan fingerprint density at radius 3 is 2.40 bits per heavy atom. The smallest absolute Gasteiger partial charge is 0.407 e. The number of amides is 1. The first-order valence-corrected chi connectivity index (χ1v) is 10.5. The van der Waals surface area contributed by atoms with Gasteiger partial charge in [0.25, 0.3) is 0 Å². The van der Waals surface area contributed by atoms with Gasteiger partial charge in [0.15, 0.2) is 25.1 Å². The van der Waals surface area contributed by atoms with Crippen molar-refractivity contribution in [2.75, 3.05) is 12.7 Å². The van der Waals surface area contributed by atoms with E-state index >= 15 is 0 Å². The molecule has 140 valence electrons. The molecule has 1 N–H and O–H groups in total. The van der Waals surface area contributed by atoms with E-state index in [2.05, 4.69) is 12.2 Å². The third-order valence-corrected chi connectivity index (χ3v) is 4.57. The second-order valence-corrected chi connectivity index (χ2v) is 7.19. The van der Waals surface area contributed by atoms with Crippen molar-refractivity contribution in [3.63, 3.8) is 0 Å². The molecule has 0 fully saturated rings. The number of ether oxygens (including phenoxy) is 1. The van der Waals surface area contributed by atoms with Crippen molar-refractivity contribution >= 4 is 14.1 Å². The zero-order chi connectivity index (χ0) is 18.3. The van der Waals surface area contributed by atoms with Crippen LogP contribution in [0.1, 0.15) is 51.9 Å². The first-order valence-electron chi connectivity index (χ1n) is 9.12. The Balaban J connectivity index is 2.24. The Morgan fingerprint density at radius 1 is 1.12 bits per heavy atom. The Morgan fingerprint density at radius 2 is 1.76 bits per heavy atom. The lowest BCUT2D eigenvalue weighted by molar-refractivity contribution is -0.702. The molecule has 1 amide bonds. The molecular weight excluding hydrogens is 339 g/mol. The van der Waals surface area contributed by atoms with Gasteiger partial charge in [-0.15, -0.1) is 0 Å². The second-order valence-electron chi connectivity index (χ2n) is 6.16. The minimum atomic E-state index is -2.61. The van der Waals surface area contributed by atoms with E-state index in [0.717, 1.165) is 12.8 Å². The van der Waals surface area contributed by atoms with Crippen molar-refractivity contribution in [1.82, 2.24) is 5.32 Å². The maximum absolute atomic E-state index is 11.9. The fourth-order valence-electron chi connectivity index (χ4n) is 2.56. The number of aromatic nitrogens is 1. The minimum absolute atomic E-state index is 0.178. The molecule has 6 nitrogen and oxygen atoms in total. The molecule has 0 aromatic carbocycles. The monoisotopic (exact) mass is 369 g/mol. The van der Waals surface area contributed by atoms with Gasteiger partial charge in [-0.3, -0.25) is 0 Å². The number of hydrogen-bond acceptors (Lipinski definition) is 4. The normalized spacial score (nSPS) is 12.5. The lowest BCUT2D eigenvalue weighted by atomic mass is 10.1. The summed E-state index contributed by atoms with van der Waals surface area (Å²) in [5.41, 5.74) is 0. The molecule has 1 aromatic rings. The molecule has 0 bridgehead atoms. The van der Waals surface area contributed by atoms with Crippen molar-refractivity contribution in [2.24, 2.45) is 0 Å². The van der Waals surface area contributed by atoms with Crippen molar-refractivity contribution in [3.8, 4) is 0 Å². The summed E-state index contributed by atoms with van der Waals surface area (Å²) < 4.78 is 18.1. The topological polar surface area (TPSA) is 82.3 Å². The predicted molar refractivity (Wildman–Crippen MR) is 95.4 cm³/mol. The highest BCUT2D eigenvalue weighted by Gasteiger charge is 2.24. The number of alkyl carbamates (subject to hydrolysis) is 1. The van der Waals surface area contributed by atoms with Gasteiger partial charge < -0.3 is 14.9 Å². The SMILES string of the molecule is CCCCCCCCCNC(=O)OC(C[n+]1ccccc1)C[P+](=O)[O-]. The van der Waals surface area contributed by atoms with Gasteiger partial charge in [-0.25, -0.2) is 9.36 Å². The fourth-order valence-corrected chi connectivity index (χ4v) is 3.08. The van der Waals surface area contributed by atoms with Crippen LogP contribution in [-0.2, 0) is 15.8 Å². The Hall–Kier alpha value is -1.52. The summed E-state index contributed by atoms with van der Waals surface area (Å²) in [6, 6.07) is 5.55. The number of pyridine rings is 1. The summed E-state index contributed by atoms with van der Waals surface area (Å²) >= 11 is 0. The van der Waals surface area contributed by atoms with Crippen LogP contribution in [0.4, 0.5) is 4.79 Å². The molecule has 0 aliphatic heterocycles. The Labute approximate surface area is 151 Å². The van der Waals surface area contributed by atoms with Crippen LogP contribution >= 0.6 is 8.03 Å². The average molecular weight is 369 g/mol. The van der Waals surface area contributed by atoms with E-state index in [1.54, 1.807) is 4.57 Å². The first kappa shape index (κ1) is 21.5. The highest BCUT2D eigenvalue weighted by Crippen LogP contribution is 2.12. The average Bonchev–Trinajstić information content (AvgIpc) is 2.57. The molecule has 7 heteroatoms. The second kappa shape index (κ2) is 13.7. The van der Waals surface area contributed by atoms with E-state index in [1.807, 2.05) is 30.6 Å². The van der Waals surface area contributed by atoms with Gasteiger partial charge in [0, 0.05) is 18.7 Å². The third kappa shape index (κ3) is 11.6. The molecule has 25 heavy (non-hydrogen) atoms. The molecule has 2 unspecified atom stereocenters. The fraction of sp³-hybridized carbons (Fsp3) is 0.667. The molecule has 1 aromatic heterocycles. The van der Waals surface area contributed by atoms with Gasteiger partial charge in [-0.2, -0.15) is 0 Å². The molecule has 1 heterocycles. The van der Waals surface area contributed by atoms with Crippen molar-refractivity contribution in [3.05, 3.63) is 30.6 Å². The van der Waals surface area contributed by atoms with Crippen LogP contribution in [0.25, 0.3) is 0 Å². The van der Waals surface area contributed by atoms with E-state index in [9.17, 15) is 14.3 Å². The van der Waals surface area contributed by atoms with Crippen LogP contribution in [0.2, 0.25) is 0 Å². The summed E-state index contributed by atoms with van der Waals surface area (Å²) in [7, 11) is -2.61. The number of nitrogens with zero attached hydrogens (tertiary/aromatic N) is 1. The molecule has 2 atom stereocenters. The lowest BCUT2D eigenvalue weighted by Gasteiger charge is -2.12. The third-order valence-electron chi connectivity index (χ3n) is 3.87. The minimum Gasteiger partial charge on any atom is -0.595 e. The highest BCUT2D eigenvalue weighted by atomic mass is 31.1. The van der Waals surface area contributed by atoms with E-state index in [0.29, 0.717) is 13.1 Å². The van der Waals surface area contributed by atoms with Crippen LogP contribution < -0.4 is 14.8 Å². The maximum atomic E-state index is 11.9. The predicted octanol–water partition coefficient (Wildman–Crippen LogP) is 2.92. The Bertz CT molecular complexity index is 499. The van der Waals surface area contributed by atoms with Gasteiger partial charge in [0.1, 0.15) is 0 Å². The molecule has 0 aliphatic rings. The number of carbonyl (C=O) groups excluding carboxylic acids is 1. The molecule has 1 rings (SSSR count). The zero-order valence-corrected chi connectivity index (χ0v) is 16.0. The van der Waals surface area contributed by atoms with E-state index in [-0.39, 0.29) is 6.16 Å². The quantitative estimate of drug-likeness (QED) is 0.329. The lowest BCUT2D eigenvalue weighted by Crippen LogP contribution is -2.43. The van der Waals surface area contributed by atoms with Gasteiger partial charge in [-0.05, 0) is 6.42 Å². The van der Waals surface area contributed by atoms with Crippen LogP contribution in [0.15, 0.2) is 30.6 Å². The van der Waals surface area contributed by atoms with Gasteiger partial charge in [-0.1, -0.05) is 56.1 Å². The summed E-state index contributed by atoms with van der Waals surface area (Å²) in [4.78, 5) is 22.9. The van der Waals surface area contributed by atoms with Crippen molar-refractivity contribution < 1.29 is 23.6 Å². The zero-order valence-electron chi connectivity index (χ0n) is 15.1. The number of hydrogen-bond donors (Lipinski definition) is 1. The van der Waals surface area contributed by atoms with Crippen LogP contribution in [-0.4, -0.2) is 24.9 Å². The first-order chi connectivity index (χ1) is 12.1. The van der Waals surface area contributed by atoms with Crippen LogP contribution in [0.3, 0.4) is 0 Å². The standard InChI is InChI=1S/C18H29N2O4P/c1-2-3-4-5-6-7-9-12-19-18(21)24-17(16-25(22)23)15-20-13-10-8-11-14-20/h8,10-11,13-14,17H,2-7,9,12,15-16H2,1H3/p+1. The molecule has 0 saturated heterocycles. The van der Waals surface area contributed by atoms with E-state index < -0.39 is 20.2 Å². The van der Waals surface area contributed by atoms with Gasteiger partial charge in [0.05, 0.1) is 0 Å². The van der Waals surface area contributed by atoms with Crippen molar-refractivity contribution in [2.45, 2.75) is 64.5 Å². The Kier molecular flexibility index (Phi) is 11.8. The number of rotatable bonds is 13. The van der Waals surface area contributed by atoms with Crippen LogP contribution in [0.5, 0.6) is 0 Å². The largest absolute Gasteiger partial charge is 0.595 e.